The zero-order valence-electron chi connectivity index (χ0n) is 14.1. The van der Waals surface area contributed by atoms with Crippen molar-refractivity contribution in [2.24, 2.45) is 0 Å². The Morgan fingerprint density at radius 1 is 0.920 bits per heavy atom. The van der Waals surface area contributed by atoms with Crippen molar-refractivity contribution in [1.82, 2.24) is 24.5 Å². The Kier molecular flexibility index (Phi) is 3.85. The van der Waals surface area contributed by atoms with E-state index in [9.17, 15) is 0 Å². The lowest BCUT2D eigenvalue weighted by Gasteiger charge is -2.08. The first-order valence-electron chi connectivity index (χ1n) is 8.13. The van der Waals surface area contributed by atoms with Gasteiger partial charge in [-0.25, -0.2) is 15.0 Å². The van der Waals surface area contributed by atoms with Gasteiger partial charge in [0.25, 0.3) is 0 Å². The lowest BCUT2D eigenvalue weighted by Crippen LogP contribution is -2.04. The number of aryl methyl sites for hydroxylation is 1. The fraction of sp³-hybridized carbons (Fsp3) is 0.158. The highest BCUT2D eigenvalue weighted by molar-refractivity contribution is 5.92. The van der Waals surface area contributed by atoms with Gasteiger partial charge in [-0.3, -0.25) is 9.55 Å². The van der Waals surface area contributed by atoms with Crippen molar-refractivity contribution in [3.05, 3.63) is 72.1 Å². The van der Waals surface area contributed by atoms with E-state index >= 15 is 0 Å². The summed E-state index contributed by atoms with van der Waals surface area (Å²) in [5, 5.41) is 4.40. The van der Waals surface area contributed by atoms with E-state index in [0.717, 1.165) is 39.6 Å². The molecule has 0 atom stereocenters. The third-order valence-corrected chi connectivity index (χ3v) is 4.33. The molecule has 0 aliphatic carbocycles. The van der Waals surface area contributed by atoms with Crippen LogP contribution in [0.2, 0.25) is 0 Å². The Balaban J connectivity index is 1.80. The standard InChI is InChI=1S/C19H18N6/c1-13-14(2)25(16-8-4-6-10-21-16)19-17(13)18(23-12-24-19)22-11-15-7-3-5-9-20-15/h3-10,12H,11H2,1-2H3,(H,22,23,24). The molecule has 0 aliphatic heterocycles. The molecule has 0 fully saturated rings. The molecule has 4 heterocycles. The van der Waals surface area contributed by atoms with Crippen LogP contribution in [0.1, 0.15) is 17.0 Å². The summed E-state index contributed by atoms with van der Waals surface area (Å²) in [5.41, 5.74) is 4.07. The molecule has 0 saturated carbocycles. The molecule has 1 N–H and O–H groups in total. The number of hydrogen-bond acceptors (Lipinski definition) is 5. The van der Waals surface area contributed by atoms with E-state index in [1.165, 1.54) is 0 Å². The molecule has 4 aromatic heterocycles. The summed E-state index contributed by atoms with van der Waals surface area (Å²) in [6.07, 6.45) is 5.16. The first-order chi connectivity index (χ1) is 12.3. The average Bonchev–Trinajstić information content (AvgIpc) is 2.93. The van der Waals surface area contributed by atoms with Gasteiger partial charge in [0.15, 0.2) is 5.65 Å². The van der Waals surface area contributed by atoms with Crippen LogP contribution in [-0.2, 0) is 6.54 Å². The first-order valence-corrected chi connectivity index (χ1v) is 8.13. The number of hydrogen-bond donors (Lipinski definition) is 1. The number of aromatic nitrogens is 5. The molecular formula is C19H18N6. The largest absolute Gasteiger partial charge is 0.364 e. The zero-order valence-corrected chi connectivity index (χ0v) is 14.1. The van der Waals surface area contributed by atoms with Crippen LogP contribution >= 0.6 is 0 Å². The van der Waals surface area contributed by atoms with Crippen LogP contribution in [0.4, 0.5) is 5.82 Å². The van der Waals surface area contributed by atoms with Crippen LogP contribution in [0.3, 0.4) is 0 Å². The van der Waals surface area contributed by atoms with E-state index in [4.69, 9.17) is 0 Å². The number of nitrogens with zero attached hydrogens (tertiary/aromatic N) is 5. The summed E-state index contributed by atoms with van der Waals surface area (Å²) >= 11 is 0. The predicted octanol–water partition coefficient (Wildman–Crippen LogP) is 3.44. The smallest absolute Gasteiger partial charge is 0.151 e. The monoisotopic (exact) mass is 330 g/mol. The Morgan fingerprint density at radius 2 is 1.72 bits per heavy atom. The van der Waals surface area contributed by atoms with E-state index in [0.29, 0.717) is 6.54 Å². The molecule has 0 unspecified atom stereocenters. The van der Waals surface area contributed by atoms with Crippen molar-refractivity contribution in [3.8, 4) is 5.82 Å². The Morgan fingerprint density at radius 3 is 2.44 bits per heavy atom. The van der Waals surface area contributed by atoms with Crippen LogP contribution < -0.4 is 5.32 Å². The van der Waals surface area contributed by atoms with Crippen molar-refractivity contribution in [2.45, 2.75) is 20.4 Å². The van der Waals surface area contributed by atoms with Gasteiger partial charge in [-0.05, 0) is 43.7 Å². The highest BCUT2D eigenvalue weighted by Crippen LogP contribution is 2.30. The molecule has 0 radical (unpaired) electrons. The number of anilines is 1. The van der Waals surface area contributed by atoms with Crippen molar-refractivity contribution < 1.29 is 0 Å². The van der Waals surface area contributed by atoms with Crippen molar-refractivity contribution >= 4 is 16.9 Å². The highest BCUT2D eigenvalue weighted by Gasteiger charge is 2.17. The molecular weight excluding hydrogens is 312 g/mol. The maximum absolute atomic E-state index is 4.51. The number of rotatable bonds is 4. The minimum absolute atomic E-state index is 0.611. The third kappa shape index (κ3) is 2.71. The van der Waals surface area contributed by atoms with Crippen molar-refractivity contribution in [2.75, 3.05) is 5.32 Å². The second-order valence-electron chi connectivity index (χ2n) is 5.83. The van der Waals surface area contributed by atoms with Gasteiger partial charge in [-0.15, -0.1) is 0 Å². The summed E-state index contributed by atoms with van der Waals surface area (Å²) in [7, 11) is 0. The summed E-state index contributed by atoms with van der Waals surface area (Å²) in [6.45, 7) is 4.78. The minimum Gasteiger partial charge on any atom is -0.364 e. The second-order valence-corrected chi connectivity index (χ2v) is 5.83. The quantitative estimate of drug-likeness (QED) is 0.621. The lowest BCUT2D eigenvalue weighted by molar-refractivity contribution is 0.964. The van der Waals surface area contributed by atoms with Gasteiger partial charge in [-0.2, -0.15) is 0 Å². The summed E-state index contributed by atoms with van der Waals surface area (Å²) < 4.78 is 2.07. The Hall–Kier alpha value is -3.28. The molecule has 25 heavy (non-hydrogen) atoms. The Labute approximate surface area is 145 Å². The molecule has 0 aliphatic rings. The summed E-state index contributed by atoms with van der Waals surface area (Å²) in [5.74, 6) is 1.67. The van der Waals surface area contributed by atoms with Crippen LogP contribution in [0.25, 0.3) is 16.9 Å². The van der Waals surface area contributed by atoms with Crippen LogP contribution in [0, 0.1) is 13.8 Å². The molecule has 0 spiro atoms. The summed E-state index contributed by atoms with van der Waals surface area (Å²) in [6, 6.07) is 11.7. The maximum atomic E-state index is 4.51. The van der Waals surface area contributed by atoms with Gasteiger partial charge in [0.1, 0.15) is 18.0 Å². The predicted molar refractivity (Wildman–Crippen MR) is 97.7 cm³/mol. The fourth-order valence-corrected chi connectivity index (χ4v) is 2.98. The maximum Gasteiger partial charge on any atom is 0.151 e. The van der Waals surface area contributed by atoms with E-state index in [1.54, 1.807) is 18.7 Å². The van der Waals surface area contributed by atoms with Crippen molar-refractivity contribution in [3.63, 3.8) is 0 Å². The zero-order chi connectivity index (χ0) is 17.2. The fourth-order valence-electron chi connectivity index (χ4n) is 2.98. The molecule has 124 valence electrons. The summed E-state index contributed by atoms with van der Waals surface area (Å²) in [4.78, 5) is 17.8. The molecule has 0 amide bonds. The minimum atomic E-state index is 0.611. The number of nitrogens with one attached hydrogen (secondary N) is 1. The third-order valence-electron chi connectivity index (χ3n) is 4.33. The van der Waals surface area contributed by atoms with Gasteiger partial charge in [0.2, 0.25) is 0 Å². The Bertz CT molecular complexity index is 1010. The first kappa shape index (κ1) is 15.3. The molecule has 4 rings (SSSR count). The number of fused-ring (bicyclic) bond motifs is 1. The topological polar surface area (TPSA) is 68.5 Å². The lowest BCUT2D eigenvalue weighted by atomic mass is 10.2. The molecule has 6 nitrogen and oxygen atoms in total. The molecule has 0 saturated heterocycles. The van der Waals surface area contributed by atoms with Gasteiger partial charge in [0, 0.05) is 18.1 Å². The van der Waals surface area contributed by atoms with Crippen LogP contribution in [0.15, 0.2) is 55.1 Å². The van der Waals surface area contributed by atoms with Gasteiger partial charge >= 0.3 is 0 Å². The van der Waals surface area contributed by atoms with Gasteiger partial charge in [0.05, 0.1) is 17.6 Å². The van der Waals surface area contributed by atoms with Crippen molar-refractivity contribution in [1.29, 1.82) is 0 Å². The van der Waals surface area contributed by atoms with Gasteiger partial charge in [-0.1, -0.05) is 12.1 Å². The van der Waals surface area contributed by atoms with Crippen LogP contribution in [0.5, 0.6) is 0 Å². The average molecular weight is 330 g/mol. The van der Waals surface area contributed by atoms with Gasteiger partial charge < -0.3 is 5.32 Å². The normalized spacial score (nSPS) is 11.0. The second kappa shape index (κ2) is 6.32. The highest BCUT2D eigenvalue weighted by atomic mass is 15.1. The van der Waals surface area contributed by atoms with E-state index in [-0.39, 0.29) is 0 Å². The molecule has 0 aromatic carbocycles. The van der Waals surface area contributed by atoms with E-state index in [2.05, 4.69) is 43.7 Å². The molecule has 0 bridgehead atoms. The van der Waals surface area contributed by atoms with Crippen LogP contribution in [-0.4, -0.2) is 24.5 Å². The molecule has 6 heteroatoms. The number of pyridine rings is 2. The van der Waals surface area contributed by atoms with E-state index < -0.39 is 0 Å². The van der Waals surface area contributed by atoms with E-state index in [1.807, 2.05) is 36.4 Å². The molecule has 4 aromatic rings. The SMILES string of the molecule is Cc1c(C)n(-c2ccccn2)c2ncnc(NCc3ccccn3)c12.